The highest BCUT2D eigenvalue weighted by Crippen LogP contribution is 2.40. The molecule has 0 aromatic heterocycles. The van der Waals surface area contributed by atoms with Gasteiger partial charge < -0.3 is 4.90 Å². The number of unbranched alkanes of at least 4 members (excludes halogenated alkanes) is 1. The van der Waals surface area contributed by atoms with Gasteiger partial charge in [0, 0.05) is 10.5 Å². The van der Waals surface area contributed by atoms with Crippen molar-refractivity contribution in [2.45, 2.75) is 63.2 Å². The molecule has 0 unspecified atom stereocenters. The summed E-state index contributed by atoms with van der Waals surface area (Å²) in [6.07, 6.45) is 9.99. The van der Waals surface area contributed by atoms with E-state index in [2.05, 4.69) is 35.7 Å². The number of nitrogens with zero attached hydrogens (tertiary/aromatic N) is 2. The highest BCUT2D eigenvalue weighted by atomic mass is 32.1. The lowest BCUT2D eigenvalue weighted by atomic mass is 9.97. The molecule has 0 spiro atoms. The number of thiol groups is 1. The largest absolute Gasteiger partial charge is 0.303 e. The molecular weight excluding hydrogens is 312 g/mol. The summed E-state index contributed by atoms with van der Waals surface area (Å²) in [5.74, 6) is 0. The number of aryl methyl sites for hydroxylation is 1. The van der Waals surface area contributed by atoms with Crippen molar-refractivity contribution < 1.29 is 0 Å². The minimum atomic E-state index is 1.04. The zero-order chi connectivity index (χ0) is 16.9. The summed E-state index contributed by atoms with van der Waals surface area (Å²) in [5, 5.41) is 0. The Labute approximate surface area is 152 Å². The van der Waals surface area contributed by atoms with E-state index in [1.807, 2.05) is 0 Å². The molecule has 1 saturated heterocycles. The van der Waals surface area contributed by atoms with Gasteiger partial charge in [-0.3, -0.25) is 4.99 Å². The number of allylic oxidation sites excluding steroid dienone is 2. The third kappa shape index (κ3) is 4.12. The SMILES string of the molecule is C=Nc1cc(CCCCN2CCCC2)c(S)cc1C1=C(C)CCC1. The molecule has 1 aromatic rings. The Kier molecular flexibility index (Phi) is 6.18. The molecule has 0 bridgehead atoms. The van der Waals surface area contributed by atoms with E-state index in [1.165, 1.54) is 80.4 Å². The second kappa shape index (κ2) is 8.35. The van der Waals surface area contributed by atoms with Crippen LogP contribution in [0.25, 0.3) is 5.57 Å². The number of benzene rings is 1. The molecular formula is C21H30N2S. The van der Waals surface area contributed by atoms with Crippen LogP contribution in [0.1, 0.15) is 63.0 Å². The van der Waals surface area contributed by atoms with Crippen LogP contribution in [0.5, 0.6) is 0 Å². The van der Waals surface area contributed by atoms with Crippen LogP contribution < -0.4 is 0 Å². The van der Waals surface area contributed by atoms with Gasteiger partial charge >= 0.3 is 0 Å². The van der Waals surface area contributed by atoms with E-state index >= 15 is 0 Å². The fourth-order valence-electron chi connectivity index (χ4n) is 4.11. The average molecular weight is 343 g/mol. The molecule has 0 radical (unpaired) electrons. The maximum absolute atomic E-state index is 4.77. The summed E-state index contributed by atoms with van der Waals surface area (Å²) >= 11 is 4.77. The summed E-state index contributed by atoms with van der Waals surface area (Å²) in [5.41, 5.74) is 6.59. The van der Waals surface area contributed by atoms with Crippen LogP contribution in [-0.4, -0.2) is 31.3 Å². The molecule has 0 amide bonds. The molecule has 1 heterocycles. The van der Waals surface area contributed by atoms with E-state index in [0.717, 1.165) is 23.4 Å². The Morgan fingerprint density at radius 2 is 1.92 bits per heavy atom. The van der Waals surface area contributed by atoms with Crippen molar-refractivity contribution in [3.05, 3.63) is 28.8 Å². The van der Waals surface area contributed by atoms with Crippen LogP contribution in [-0.2, 0) is 6.42 Å². The third-order valence-electron chi connectivity index (χ3n) is 5.56. The van der Waals surface area contributed by atoms with Gasteiger partial charge in [-0.2, -0.15) is 0 Å². The van der Waals surface area contributed by atoms with Crippen molar-refractivity contribution >= 4 is 30.6 Å². The topological polar surface area (TPSA) is 15.6 Å². The Hall–Kier alpha value is -1.06. The van der Waals surface area contributed by atoms with Crippen LogP contribution in [0.15, 0.2) is 27.6 Å². The fourth-order valence-corrected chi connectivity index (χ4v) is 4.41. The third-order valence-corrected chi connectivity index (χ3v) is 5.97. The van der Waals surface area contributed by atoms with Crippen molar-refractivity contribution in [2.75, 3.05) is 19.6 Å². The maximum atomic E-state index is 4.77. The second-order valence-corrected chi connectivity index (χ2v) is 7.76. The Balaban J connectivity index is 1.65. The van der Waals surface area contributed by atoms with E-state index in [1.54, 1.807) is 0 Å². The molecule has 3 rings (SSSR count). The maximum Gasteiger partial charge on any atom is 0.0701 e. The zero-order valence-electron chi connectivity index (χ0n) is 15.0. The van der Waals surface area contributed by atoms with E-state index in [4.69, 9.17) is 12.6 Å². The van der Waals surface area contributed by atoms with Gasteiger partial charge in [0.05, 0.1) is 5.69 Å². The minimum absolute atomic E-state index is 1.04. The standard InChI is InChI=1S/C21H30N2S/c1-16-8-7-10-18(16)19-15-21(24)17(14-20(19)22-2)9-3-4-11-23-12-5-6-13-23/h14-15,24H,2-13H2,1H3. The predicted molar refractivity (Wildman–Crippen MR) is 108 cm³/mol. The highest BCUT2D eigenvalue weighted by Gasteiger charge is 2.17. The number of hydrogen-bond acceptors (Lipinski definition) is 3. The molecule has 3 heteroatoms. The zero-order valence-corrected chi connectivity index (χ0v) is 15.9. The number of hydrogen-bond donors (Lipinski definition) is 1. The van der Waals surface area contributed by atoms with Gasteiger partial charge in [0.1, 0.15) is 0 Å². The summed E-state index contributed by atoms with van der Waals surface area (Å²) in [7, 11) is 0. The number of rotatable bonds is 7. The van der Waals surface area contributed by atoms with Crippen molar-refractivity contribution in [3.8, 4) is 0 Å². The van der Waals surface area contributed by atoms with Crippen molar-refractivity contribution in [1.82, 2.24) is 4.90 Å². The minimum Gasteiger partial charge on any atom is -0.303 e. The molecule has 2 nitrogen and oxygen atoms in total. The average Bonchev–Trinajstić information content (AvgIpc) is 3.24. The second-order valence-electron chi connectivity index (χ2n) is 7.27. The monoisotopic (exact) mass is 342 g/mol. The lowest BCUT2D eigenvalue weighted by molar-refractivity contribution is 0.330. The Morgan fingerprint density at radius 3 is 2.58 bits per heavy atom. The van der Waals surface area contributed by atoms with Crippen LogP contribution in [0, 0.1) is 0 Å². The van der Waals surface area contributed by atoms with Gasteiger partial charge in [-0.15, -0.1) is 12.6 Å². The predicted octanol–water partition coefficient (Wildman–Crippen LogP) is 5.68. The van der Waals surface area contributed by atoms with Crippen LogP contribution in [0.4, 0.5) is 5.69 Å². The summed E-state index contributed by atoms with van der Waals surface area (Å²) in [6, 6.07) is 4.45. The molecule has 0 N–H and O–H groups in total. The van der Waals surface area contributed by atoms with Gasteiger partial charge in [-0.25, -0.2) is 0 Å². The van der Waals surface area contributed by atoms with E-state index < -0.39 is 0 Å². The lowest BCUT2D eigenvalue weighted by Gasteiger charge is -2.15. The first-order chi connectivity index (χ1) is 11.7. The summed E-state index contributed by atoms with van der Waals surface area (Å²) < 4.78 is 0. The molecule has 0 saturated carbocycles. The molecule has 130 valence electrons. The van der Waals surface area contributed by atoms with E-state index in [-0.39, 0.29) is 0 Å². The van der Waals surface area contributed by atoms with Gasteiger partial charge in [0.25, 0.3) is 0 Å². The first-order valence-corrected chi connectivity index (χ1v) is 9.87. The van der Waals surface area contributed by atoms with E-state index in [0.29, 0.717) is 0 Å². The van der Waals surface area contributed by atoms with Gasteiger partial charge in [-0.05, 0) is 108 Å². The molecule has 0 atom stereocenters. The lowest BCUT2D eigenvalue weighted by Crippen LogP contribution is -2.20. The molecule has 1 aliphatic heterocycles. The van der Waals surface area contributed by atoms with Gasteiger partial charge in [-0.1, -0.05) is 5.57 Å². The van der Waals surface area contributed by atoms with Crippen LogP contribution in [0.2, 0.25) is 0 Å². The summed E-state index contributed by atoms with van der Waals surface area (Å²) in [4.78, 5) is 8.03. The molecule has 1 fully saturated rings. The van der Waals surface area contributed by atoms with E-state index in [9.17, 15) is 0 Å². The molecule has 2 aliphatic rings. The van der Waals surface area contributed by atoms with Crippen molar-refractivity contribution in [3.63, 3.8) is 0 Å². The normalized spacial score (nSPS) is 18.6. The quantitative estimate of drug-likeness (QED) is 0.383. The molecule has 1 aliphatic carbocycles. The van der Waals surface area contributed by atoms with Crippen LogP contribution in [0.3, 0.4) is 0 Å². The fraction of sp³-hybridized carbons (Fsp3) is 0.571. The first-order valence-electron chi connectivity index (χ1n) is 9.43. The van der Waals surface area contributed by atoms with Crippen molar-refractivity contribution in [2.24, 2.45) is 4.99 Å². The summed E-state index contributed by atoms with van der Waals surface area (Å²) in [6.45, 7) is 9.90. The number of aliphatic imine (C=N–C) groups is 1. The Morgan fingerprint density at radius 1 is 1.12 bits per heavy atom. The van der Waals surface area contributed by atoms with Crippen LogP contribution >= 0.6 is 12.6 Å². The van der Waals surface area contributed by atoms with Crippen molar-refractivity contribution in [1.29, 1.82) is 0 Å². The smallest absolute Gasteiger partial charge is 0.0701 e. The van der Waals surface area contributed by atoms with Gasteiger partial charge in [0.15, 0.2) is 0 Å². The molecule has 24 heavy (non-hydrogen) atoms. The number of likely N-dealkylation sites (tertiary alicyclic amines) is 1. The van der Waals surface area contributed by atoms with Gasteiger partial charge in [0.2, 0.25) is 0 Å². The Bertz CT molecular complexity index is 627. The molecule has 1 aromatic carbocycles. The highest BCUT2D eigenvalue weighted by molar-refractivity contribution is 7.80. The first kappa shape index (κ1) is 17.8.